The third-order valence-corrected chi connectivity index (χ3v) is 9.17. The first-order valence-electron chi connectivity index (χ1n) is 15.0. The third kappa shape index (κ3) is 4.84. The van der Waals surface area contributed by atoms with Crippen LogP contribution in [0.3, 0.4) is 0 Å². The van der Waals surface area contributed by atoms with Gasteiger partial charge in [-0.05, 0) is 91.5 Å². The van der Waals surface area contributed by atoms with Gasteiger partial charge in [0.2, 0.25) is 5.75 Å². The number of benzene rings is 4. The molecule has 3 heterocycles. The Kier molecular flexibility index (Phi) is 7.13. The molecule has 0 unspecified atom stereocenters. The Morgan fingerprint density at radius 3 is 2.38 bits per heavy atom. The number of carbonyl (C=O) groups is 2. The van der Waals surface area contributed by atoms with Crippen molar-refractivity contribution in [1.82, 2.24) is 9.80 Å². The van der Waals surface area contributed by atoms with Gasteiger partial charge in [-0.2, -0.15) is 0 Å². The Hall–Kier alpha value is -5.02. The molecule has 0 bridgehead atoms. The van der Waals surface area contributed by atoms with Crippen molar-refractivity contribution in [2.45, 2.75) is 25.3 Å². The SMILES string of the molecule is COc1ccc(C[C@H]2c3c(cc(OC)c4c3Oc3cc5c(cc3O4)CCN(C)C5=O)CCN2C)cc1-c1cc(C=O)ccc1O. The molecule has 1 N–H and O–H groups in total. The summed E-state index contributed by atoms with van der Waals surface area (Å²) in [5.41, 5.74) is 6.38. The molecule has 1 atom stereocenters. The van der Waals surface area contributed by atoms with Crippen LogP contribution in [-0.4, -0.2) is 68.5 Å². The summed E-state index contributed by atoms with van der Waals surface area (Å²) in [5.74, 6) is 3.41. The molecule has 230 valence electrons. The van der Waals surface area contributed by atoms with Crippen molar-refractivity contribution in [3.05, 3.63) is 88.0 Å². The van der Waals surface area contributed by atoms with E-state index in [-0.39, 0.29) is 17.7 Å². The molecule has 9 nitrogen and oxygen atoms in total. The summed E-state index contributed by atoms with van der Waals surface area (Å²) in [6.07, 6.45) is 2.93. The fraction of sp³-hybridized carbons (Fsp3) is 0.278. The van der Waals surface area contributed by atoms with Crippen LogP contribution in [-0.2, 0) is 19.3 Å². The lowest BCUT2D eigenvalue weighted by atomic mass is 9.86. The number of nitrogens with zero attached hydrogens (tertiary/aromatic N) is 2. The number of methoxy groups -OCH3 is 2. The fourth-order valence-corrected chi connectivity index (χ4v) is 6.68. The van der Waals surface area contributed by atoms with Gasteiger partial charge in [-0.15, -0.1) is 0 Å². The number of likely N-dealkylation sites (N-methyl/N-ethyl adjacent to an activating group) is 2. The minimum atomic E-state index is -0.0832. The molecule has 4 aromatic carbocycles. The Morgan fingerprint density at radius 1 is 0.844 bits per heavy atom. The van der Waals surface area contributed by atoms with Gasteiger partial charge in [0.25, 0.3) is 5.91 Å². The Balaban J connectivity index is 1.31. The average Bonchev–Trinajstić information content (AvgIpc) is 3.06. The molecule has 0 radical (unpaired) electrons. The molecular formula is C36H34N2O7. The highest BCUT2D eigenvalue weighted by Gasteiger charge is 2.37. The van der Waals surface area contributed by atoms with Crippen molar-refractivity contribution < 1.29 is 33.6 Å². The van der Waals surface area contributed by atoms with Crippen molar-refractivity contribution in [3.8, 4) is 51.4 Å². The number of hydrogen-bond acceptors (Lipinski definition) is 8. The van der Waals surface area contributed by atoms with Gasteiger partial charge in [0, 0.05) is 54.0 Å². The number of phenolic OH excluding ortho intramolecular Hbond substituents is 1. The van der Waals surface area contributed by atoms with Crippen LogP contribution in [0, 0.1) is 0 Å². The lowest BCUT2D eigenvalue weighted by Gasteiger charge is -2.38. The van der Waals surface area contributed by atoms with Crippen LogP contribution in [0.2, 0.25) is 0 Å². The zero-order chi connectivity index (χ0) is 31.4. The van der Waals surface area contributed by atoms with Crippen LogP contribution in [0.4, 0.5) is 0 Å². The van der Waals surface area contributed by atoms with Gasteiger partial charge in [0.15, 0.2) is 23.0 Å². The second-order valence-corrected chi connectivity index (χ2v) is 11.8. The van der Waals surface area contributed by atoms with Gasteiger partial charge in [0.1, 0.15) is 17.8 Å². The second-order valence-electron chi connectivity index (χ2n) is 11.8. The van der Waals surface area contributed by atoms with Gasteiger partial charge in [-0.25, -0.2) is 0 Å². The molecule has 9 heteroatoms. The monoisotopic (exact) mass is 606 g/mol. The number of fused-ring (bicyclic) bond motifs is 5. The maximum atomic E-state index is 13.0. The normalized spacial score (nSPS) is 16.8. The predicted octanol–water partition coefficient (Wildman–Crippen LogP) is 6.19. The van der Waals surface area contributed by atoms with Crippen molar-refractivity contribution in [2.75, 3.05) is 41.4 Å². The molecular weight excluding hydrogens is 572 g/mol. The number of amides is 1. The maximum absolute atomic E-state index is 13.0. The quantitative estimate of drug-likeness (QED) is 0.229. The van der Waals surface area contributed by atoms with Gasteiger partial charge in [0.05, 0.1) is 14.2 Å². The zero-order valence-electron chi connectivity index (χ0n) is 25.7. The van der Waals surface area contributed by atoms with Crippen LogP contribution in [0.25, 0.3) is 11.1 Å². The number of aromatic hydroxyl groups is 1. The van der Waals surface area contributed by atoms with E-state index < -0.39 is 0 Å². The van der Waals surface area contributed by atoms with Crippen LogP contribution < -0.4 is 18.9 Å². The van der Waals surface area contributed by atoms with E-state index in [9.17, 15) is 14.7 Å². The lowest BCUT2D eigenvalue weighted by molar-refractivity contribution is 0.0780. The molecule has 0 saturated carbocycles. The summed E-state index contributed by atoms with van der Waals surface area (Å²) in [6.45, 7) is 1.48. The highest BCUT2D eigenvalue weighted by molar-refractivity contribution is 5.97. The van der Waals surface area contributed by atoms with E-state index in [0.717, 1.165) is 47.9 Å². The molecule has 0 saturated heterocycles. The van der Waals surface area contributed by atoms with E-state index in [1.807, 2.05) is 37.4 Å². The number of carbonyl (C=O) groups excluding carboxylic acids is 2. The van der Waals surface area contributed by atoms with E-state index in [4.69, 9.17) is 18.9 Å². The van der Waals surface area contributed by atoms with E-state index >= 15 is 0 Å². The molecule has 4 aromatic rings. The van der Waals surface area contributed by atoms with Gasteiger partial charge in [-0.3, -0.25) is 14.5 Å². The summed E-state index contributed by atoms with van der Waals surface area (Å²) in [7, 11) is 7.12. The summed E-state index contributed by atoms with van der Waals surface area (Å²) in [6, 6.07) is 16.3. The summed E-state index contributed by atoms with van der Waals surface area (Å²) in [4.78, 5) is 28.5. The van der Waals surface area contributed by atoms with Crippen LogP contribution in [0.15, 0.2) is 54.6 Å². The fourth-order valence-electron chi connectivity index (χ4n) is 6.68. The van der Waals surface area contributed by atoms with E-state index in [1.54, 1.807) is 37.3 Å². The third-order valence-electron chi connectivity index (χ3n) is 9.17. The highest BCUT2D eigenvalue weighted by atomic mass is 16.6. The van der Waals surface area contributed by atoms with Crippen molar-refractivity contribution in [3.63, 3.8) is 0 Å². The molecule has 0 aromatic heterocycles. The van der Waals surface area contributed by atoms with Gasteiger partial charge >= 0.3 is 0 Å². The molecule has 0 spiro atoms. The van der Waals surface area contributed by atoms with E-state index in [2.05, 4.69) is 11.9 Å². The Labute approximate surface area is 261 Å². The number of phenols is 1. The number of ether oxygens (including phenoxy) is 4. The van der Waals surface area contributed by atoms with Gasteiger partial charge in [-0.1, -0.05) is 6.07 Å². The molecule has 0 fully saturated rings. The highest BCUT2D eigenvalue weighted by Crippen LogP contribution is 2.56. The first-order chi connectivity index (χ1) is 21.8. The molecule has 1 amide bonds. The minimum Gasteiger partial charge on any atom is -0.507 e. The van der Waals surface area contributed by atoms with Crippen LogP contribution in [0.1, 0.15) is 49.0 Å². The standard InChI is InChI=1S/C36H34N2O7/c1-37-11-10-23-17-32(43-4)34-35(45-31-18-24-22(16-30(31)44-34)9-12-38(2)36(24)41)33(23)27(37)15-20-6-8-29(42-3)26(13-20)25-14-21(19-39)5-7-28(25)40/h5-8,13-14,16-19,27,40H,9-12,15H2,1-4H3/t27-/m0/s1. The molecule has 3 aliphatic rings. The number of aldehydes is 1. The van der Waals surface area contributed by atoms with Crippen molar-refractivity contribution in [1.29, 1.82) is 0 Å². The van der Waals surface area contributed by atoms with Crippen molar-refractivity contribution >= 4 is 12.2 Å². The zero-order valence-corrected chi connectivity index (χ0v) is 25.7. The number of hydrogen-bond donors (Lipinski definition) is 1. The molecule has 0 aliphatic carbocycles. The van der Waals surface area contributed by atoms with Crippen LogP contribution >= 0.6 is 0 Å². The Bertz CT molecular complexity index is 1870. The topological polar surface area (TPSA) is 97.8 Å². The van der Waals surface area contributed by atoms with Crippen molar-refractivity contribution in [2.24, 2.45) is 0 Å². The smallest absolute Gasteiger partial charge is 0.254 e. The maximum Gasteiger partial charge on any atom is 0.254 e. The van der Waals surface area contributed by atoms with E-state index in [0.29, 0.717) is 69.7 Å². The van der Waals surface area contributed by atoms with E-state index in [1.165, 1.54) is 6.07 Å². The lowest BCUT2D eigenvalue weighted by Crippen LogP contribution is -2.34. The second kappa shape index (κ2) is 11.2. The predicted molar refractivity (Wildman–Crippen MR) is 169 cm³/mol. The minimum absolute atomic E-state index is 0.0289. The molecule has 7 rings (SSSR count). The summed E-state index contributed by atoms with van der Waals surface area (Å²) in [5, 5.41) is 10.7. The number of rotatable bonds is 6. The summed E-state index contributed by atoms with van der Waals surface area (Å²) < 4.78 is 24.6. The summed E-state index contributed by atoms with van der Waals surface area (Å²) >= 11 is 0. The Morgan fingerprint density at radius 2 is 1.60 bits per heavy atom. The molecule has 45 heavy (non-hydrogen) atoms. The van der Waals surface area contributed by atoms with Gasteiger partial charge < -0.3 is 29.0 Å². The molecule has 3 aliphatic heterocycles. The largest absolute Gasteiger partial charge is 0.507 e. The first kappa shape index (κ1) is 28.7. The van der Waals surface area contributed by atoms with Crippen LogP contribution in [0.5, 0.6) is 40.2 Å². The average molecular weight is 607 g/mol. The first-order valence-corrected chi connectivity index (χ1v) is 15.0.